The summed E-state index contributed by atoms with van der Waals surface area (Å²) in [6.45, 7) is 3.90. The Bertz CT molecular complexity index is 259. The van der Waals surface area contributed by atoms with Crippen LogP contribution in [0.25, 0.3) is 0 Å². The topological polar surface area (TPSA) is 76.4 Å². The van der Waals surface area contributed by atoms with Crippen molar-refractivity contribution >= 4 is 27.7 Å². The van der Waals surface area contributed by atoms with Crippen LogP contribution >= 0.6 is 21.6 Å². The summed E-state index contributed by atoms with van der Waals surface area (Å²) in [5.41, 5.74) is 10.6. The van der Waals surface area contributed by atoms with Crippen molar-refractivity contribution in [1.29, 1.82) is 0 Å². The molecule has 0 aromatic heterocycles. The first-order valence-corrected chi connectivity index (χ1v) is 11.4. The summed E-state index contributed by atoms with van der Waals surface area (Å²) in [5, 5.41) is 0. The van der Waals surface area contributed by atoms with E-state index in [2.05, 4.69) is 10.9 Å². The molecule has 5 nitrogen and oxygen atoms in total. The molecule has 138 valence electrons. The van der Waals surface area contributed by atoms with Gasteiger partial charge in [0, 0.05) is 18.1 Å². The molecule has 1 amide bonds. The minimum absolute atomic E-state index is 0.402. The minimum atomic E-state index is -0.402. The summed E-state index contributed by atoms with van der Waals surface area (Å²) in [7, 11) is 3.66. The van der Waals surface area contributed by atoms with Gasteiger partial charge in [0.15, 0.2) is 0 Å². The molecular weight excluding hydrogens is 330 g/mol. The van der Waals surface area contributed by atoms with Crippen molar-refractivity contribution in [2.24, 2.45) is 5.73 Å². The second-order valence-electron chi connectivity index (χ2n) is 5.41. The first-order chi connectivity index (χ1) is 11.3. The molecule has 0 unspecified atom stereocenters. The number of nitrogens with two attached hydrogens (primary N) is 1. The number of ether oxygens (including phenoxy) is 1. The number of carbonyl (C=O) groups is 1. The fourth-order valence-electron chi connectivity index (χ4n) is 2.03. The molecule has 0 atom stereocenters. The number of hydrogen-bond donors (Lipinski definition) is 3. The molecule has 0 aromatic carbocycles. The van der Waals surface area contributed by atoms with Crippen molar-refractivity contribution in [3.05, 3.63) is 0 Å². The van der Waals surface area contributed by atoms with E-state index in [-0.39, 0.29) is 0 Å². The zero-order chi connectivity index (χ0) is 17.0. The van der Waals surface area contributed by atoms with Gasteiger partial charge in [0.05, 0.1) is 0 Å². The van der Waals surface area contributed by atoms with Crippen LogP contribution in [-0.2, 0) is 4.74 Å². The number of hydrazine groups is 1. The predicted molar refractivity (Wildman–Crippen MR) is 104 cm³/mol. The van der Waals surface area contributed by atoms with Gasteiger partial charge in [-0.3, -0.25) is 5.43 Å². The normalized spacial score (nSPS) is 10.7. The van der Waals surface area contributed by atoms with E-state index in [4.69, 9.17) is 10.5 Å². The highest BCUT2D eigenvalue weighted by molar-refractivity contribution is 8.76. The molecule has 0 aliphatic rings. The van der Waals surface area contributed by atoms with Crippen LogP contribution < -0.4 is 16.6 Å². The van der Waals surface area contributed by atoms with Gasteiger partial charge >= 0.3 is 6.09 Å². The Hall–Kier alpha value is -0.110. The van der Waals surface area contributed by atoms with Gasteiger partial charge in [0.25, 0.3) is 0 Å². The van der Waals surface area contributed by atoms with Crippen molar-refractivity contribution in [2.75, 3.05) is 31.2 Å². The quantitative estimate of drug-likeness (QED) is 0.205. The third-order valence-electron chi connectivity index (χ3n) is 3.28. The van der Waals surface area contributed by atoms with E-state index in [1.165, 1.54) is 63.5 Å². The Labute approximate surface area is 150 Å². The molecule has 23 heavy (non-hydrogen) atoms. The maximum Gasteiger partial charge on any atom is 0.421 e. The first-order valence-electron chi connectivity index (χ1n) is 8.91. The molecule has 0 bridgehead atoms. The second kappa shape index (κ2) is 19.9. The summed E-state index contributed by atoms with van der Waals surface area (Å²) in [6, 6.07) is 0. The lowest BCUT2D eigenvalue weighted by Crippen LogP contribution is -2.37. The van der Waals surface area contributed by atoms with Crippen molar-refractivity contribution in [3.8, 4) is 0 Å². The molecule has 0 fully saturated rings. The number of unbranched alkanes of at least 4 members (excludes halogenated alkanes) is 8. The SMILES string of the molecule is CCNNC(=O)OCCSSCCCCCCCCCCCN. The van der Waals surface area contributed by atoms with Crippen LogP contribution in [0, 0.1) is 0 Å². The smallest absolute Gasteiger partial charge is 0.421 e. The van der Waals surface area contributed by atoms with Gasteiger partial charge in [-0.15, -0.1) is 0 Å². The molecule has 0 spiro atoms. The predicted octanol–water partition coefficient (Wildman–Crippen LogP) is 4.09. The maximum absolute atomic E-state index is 11.1. The Balaban J connectivity index is 3.04. The molecule has 0 heterocycles. The third-order valence-corrected chi connectivity index (χ3v) is 5.74. The van der Waals surface area contributed by atoms with Crippen molar-refractivity contribution in [1.82, 2.24) is 10.9 Å². The maximum atomic E-state index is 11.1. The van der Waals surface area contributed by atoms with E-state index in [1.54, 1.807) is 10.8 Å². The van der Waals surface area contributed by atoms with Crippen LogP contribution in [0.4, 0.5) is 4.79 Å². The molecule has 4 N–H and O–H groups in total. The van der Waals surface area contributed by atoms with E-state index >= 15 is 0 Å². The summed E-state index contributed by atoms with van der Waals surface area (Å²) >= 11 is 0. The highest BCUT2D eigenvalue weighted by atomic mass is 33.1. The molecule has 0 aliphatic carbocycles. The van der Waals surface area contributed by atoms with E-state index in [1.807, 2.05) is 17.7 Å². The lowest BCUT2D eigenvalue weighted by atomic mass is 10.1. The average molecular weight is 366 g/mol. The second-order valence-corrected chi connectivity index (χ2v) is 8.11. The molecule has 0 radical (unpaired) electrons. The van der Waals surface area contributed by atoms with E-state index in [9.17, 15) is 4.79 Å². The summed E-state index contributed by atoms with van der Waals surface area (Å²) < 4.78 is 5.00. The van der Waals surface area contributed by atoms with E-state index in [0.29, 0.717) is 13.2 Å². The van der Waals surface area contributed by atoms with Gasteiger partial charge in [-0.25, -0.2) is 10.2 Å². The summed E-state index contributed by atoms with van der Waals surface area (Å²) in [5.74, 6) is 2.03. The van der Waals surface area contributed by atoms with Gasteiger partial charge in [-0.2, -0.15) is 0 Å². The Morgan fingerprint density at radius 1 is 0.913 bits per heavy atom. The van der Waals surface area contributed by atoms with Crippen LogP contribution in [0.1, 0.15) is 64.7 Å². The Morgan fingerprint density at radius 3 is 2.09 bits per heavy atom. The Kier molecular flexibility index (Phi) is 19.8. The molecular formula is C16H35N3O2S2. The fourth-order valence-corrected chi connectivity index (χ4v) is 4.00. The molecule has 0 saturated carbocycles. The van der Waals surface area contributed by atoms with Gasteiger partial charge in [-0.05, 0) is 19.4 Å². The monoisotopic (exact) mass is 365 g/mol. The molecule has 0 rings (SSSR count). The zero-order valence-electron chi connectivity index (χ0n) is 14.6. The van der Waals surface area contributed by atoms with Crippen molar-refractivity contribution < 1.29 is 9.53 Å². The minimum Gasteiger partial charge on any atom is -0.448 e. The number of rotatable bonds is 17. The van der Waals surface area contributed by atoms with Crippen LogP contribution in [0.5, 0.6) is 0 Å². The molecule has 0 aliphatic heterocycles. The summed E-state index contributed by atoms with van der Waals surface area (Å²) in [4.78, 5) is 11.1. The van der Waals surface area contributed by atoms with Crippen LogP contribution in [0.2, 0.25) is 0 Å². The van der Waals surface area contributed by atoms with E-state index in [0.717, 1.165) is 12.3 Å². The van der Waals surface area contributed by atoms with Crippen molar-refractivity contribution in [3.63, 3.8) is 0 Å². The molecule has 0 aromatic rings. The van der Waals surface area contributed by atoms with Gasteiger partial charge in [-0.1, -0.05) is 73.5 Å². The number of nitrogens with one attached hydrogen (secondary N) is 2. The zero-order valence-corrected chi connectivity index (χ0v) is 16.2. The van der Waals surface area contributed by atoms with Gasteiger partial charge in [0.2, 0.25) is 0 Å². The molecule has 0 saturated heterocycles. The van der Waals surface area contributed by atoms with Crippen LogP contribution in [-0.4, -0.2) is 37.3 Å². The summed E-state index contributed by atoms with van der Waals surface area (Å²) in [6.07, 6.45) is 11.5. The number of carbonyl (C=O) groups excluding carboxylic acids is 1. The molecule has 7 heteroatoms. The van der Waals surface area contributed by atoms with Gasteiger partial charge < -0.3 is 10.5 Å². The highest BCUT2D eigenvalue weighted by Gasteiger charge is 1.99. The number of hydrogen-bond acceptors (Lipinski definition) is 6. The average Bonchev–Trinajstić information content (AvgIpc) is 2.56. The lowest BCUT2D eigenvalue weighted by molar-refractivity contribution is 0.148. The fraction of sp³-hybridized carbons (Fsp3) is 0.938. The van der Waals surface area contributed by atoms with Crippen LogP contribution in [0.15, 0.2) is 0 Å². The first kappa shape index (κ1) is 22.9. The largest absolute Gasteiger partial charge is 0.448 e. The number of amides is 1. The van der Waals surface area contributed by atoms with Gasteiger partial charge in [0.1, 0.15) is 6.61 Å². The van der Waals surface area contributed by atoms with E-state index < -0.39 is 6.09 Å². The van der Waals surface area contributed by atoms with Crippen molar-refractivity contribution in [2.45, 2.75) is 64.7 Å². The lowest BCUT2D eigenvalue weighted by Gasteiger charge is -2.06. The highest BCUT2D eigenvalue weighted by Crippen LogP contribution is 2.22. The van der Waals surface area contributed by atoms with Crippen LogP contribution in [0.3, 0.4) is 0 Å². The standard InChI is InChI=1S/C16H35N3O2S2/c1-2-18-19-16(20)21-13-15-23-22-14-11-9-7-5-3-4-6-8-10-12-17/h18H,2-15,17H2,1H3,(H,19,20). The third kappa shape index (κ3) is 19.8. The Morgan fingerprint density at radius 2 is 1.48 bits per heavy atom.